The molecule has 2 N–H and O–H groups in total. The van der Waals surface area contributed by atoms with E-state index in [1.165, 1.54) is 0 Å². The summed E-state index contributed by atoms with van der Waals surface area (Å²) in [7, 11) is 0. The first kappa shape index (κ1) is 14.9. The Morgan fingerprint density at radius 2 is 2.09 bits per heavy atom. The van der Waals surface area contributed by atoms with Crippen molar-refractivity contribution in [3.8, 4) is 0 Å². The van der Waals surface area contributed by atoms with Crippen LogP contribution in [0.2, 0.25) is 0 Å². The standard InChI is InChI=1S/C14H11N5O3S/c20-13(18-14-17-8-12(23-14)19(21)22)16-7-9-5-6-15-11-4-2-1-3-10(9)11/h1-6,8H,7H2,(H2,16,17,18,20). The van der Waals surface area contributed by atoms with E-state index < -0.39 is 11.0 Å². The minimum atomic E-state index is -0.552. The van der Waals surface area contributed by atoms with Crippen molar-refractivity contribution in [2.24, 2.45) is 0 Å². The van der Waals surface area contributed by atoms with Gasteiger partial charge in [-0.15, -0.1) is 0 Å². The third-order valence-electron chi connectivity index (χ3n) is 3.07. The van der Waals surface area contributed by atoms with Crippen molar-refractivity contribution in [3.63, 3.8) is 0 Å². The van der Waals surface area contributed by atoms with E-state index in [1.54, 1.807) is 6.20 Å². The second-order valence-electron chi connectivity index (χ2n) is 4.56. The number of anilines is 1. The van der Waals surface area contributed by atoms with Gasteiger partial charge in [0.15, 0.2) is 5.13 Å². The summed E-state index contributed by atoms with van der Waals surface area (Å²) >= 11 is 0.801. The summed E-state index contributed by atoms with van der Waals surface area (Å²) in [5.41, 5.74) is 1.78. The third kappa shape index (κ3) is 3.40. The highest BCUT2D eigenvalue weighted by Crippen LogP contribution is 2.24. The number of carbonyl (C=O) groups excluding carboxylic acids is 1. The number of benzene rings is 1. The number of hydrogen-bond donors (Lipinski definition) is 2. The number of urea groups is 1. The molecule has 23 heavy (non-hydrogen) atoms. The highest BCUT2D eigenvalue weighted by atomic mass is 32.1. The number of nitrogens with one attached hydrogen (secondary N) is 2. The van der Waals surface area contributed by atoms with E-state index in [-0.39, 0.29) is 10.1 Å². The molecule has 2 aromatic heterocycles. The zero-order chi connectivity index (χ0) is 16.2. The van der Waals surface area contributed by atoms with Gasteiger partial charge in [0.1, 0.15) is 6.20 Å². The molecule has 2 amide bonds. The number of pyridine rings is 1. The molecule has 2 heterocycles. The Balaban J connectivity index is 1.65. The van der Waals surface area contributed by atoms with Gasteiger partial charge >= 0.3 is 11.0 Å². The van der Waals surface area contributed by atoms with Gasteiger partial charge in [0, 0.05) is 18.1 Å². The number of carbonyl (C=O) groups is 1. The largest absolute Gasteiger partial charge is 0.345 e. The number of hydrogen-bond acceptors (Lipinski definition) is 6. The van der Waals surface area contributed by atoms with Crippen molar-refractivity contribution < 1.29 is 9.72 Å². The summed E-state index contributed by atoms with van der Waals surface area (Å²) in [6, 6.07) is 8.98. The molecule has 1 aromatic carbocycles. The Labute approximate surface area is 134 Å². The first-order chi connectivity index (χ1) is 11.1. The highest BCUT2D eigenvalue weighted by molar-refractivity contribution is 7.18. The van der Waals surface area contributed by atoms with Crippen LogP contribution in [0.15, 0.2) is 42.7 Å². The molecule has 0 spiro atoms. The van der Waals surface area contributed by atoms with Gasteiger partial charge in [-0.3, -0.25) is 20.4 Å². The van der Waals surface area contributed by atoms with Gasteiger partial charge in [-0.05, 0) is 29.0 Å². The molecule has 0 unspecified atom stereocenters. The lowest BCUT2D eigenvalue weighted by Crippen LogP contribution is -2.28. The monoisotopic (exact) mass is 329 g/mol. The van der Waals surface area contributed by atoms with E-state index in [4.69, 9.17) is 0 Å². The molecule has 0 aliphatic carbocycles. The van der Waals surface area contributed by atoms with Crippen LogP contribution in [0, 0.1) is 10.1 Å². The molecular weight excluding hydrogens is 318 g/mol. The van der Waals surface area contributed by atoms with Gasteiger partial charge in [0.25, 0.3) is 0 Å². The third-order valence-corrected chi connectivity index (χ3v) is 3.94. The number of para-hydroxylation sites is 1. The fourth-order valence-corrected chi connectivity index (χ4v) is 2.66. The average molecular weight is 329 g/mol. The molecule has 8 nitrogen and oxygen atoms in total. The fourth-order valence-electron chi connectivity index (χ4n) is 2.03. The van der Waals surface area contributed by atoms with E-state index in [2.05, 4.69) is 20.6 Å². The van der Waals surface area contributed by atoms with Crippen molar-refractivity contribution in [1.82, 2.24) is 15.3 Å². The number of rotatable bonds is 4. The van der Waals surface area contributed by atoms with Gasteiger partial charge in [0.05, 0.1) is 10.4 Å². The second-order valence-corrected chi connectivity index (χ2v) is 5.56. The number of nitro groups is 1. The minimum Gasteiger partial charge on any atom is -0.334 e. The van der Waals surface area contributed by atoms with Crippen LogP contribution >= 0.6 is 11.3 Å². The predicted molar refractivity (Wildman–Crippen MR) is 86.4 cm³/mol. The van der Waals surface area contributed by atoms with E-state index >= 15 is 0 Å². The number of amides is 2. The van der Waals surface area contributed by atoms with Crippen molar-refractivity contribution in [2.75, 3.05) is 5.32 Å². The van der Waals surface area contributed by atoms with Crippen LogP contribution in [0.5, 0.6) is 0 Å². The first-order valence-corrected chi connectivity index (χ1v) is 7.43. The molecule has 3 aromatic rings. The van der Waals surface area contributed by atoms with Gasteiger partial charge < -0.3 is 5.32 Å². The Morgan fingerprint density at radius 1 is 1.26 bits per heavy atom. The highest BCUT2D eigenvalue weighted by Gasteiger charge is 2.13. The number of thiazole rings is 1. The normalized spacial score (nSPS) is 10.4. The fraction of sp³-hybridized carbons (Fsp3) is 0.0714. The van der Waals surface area contributed by atoms with Crippen LogP contribution < -0.4 is 10.6 Å². The molecule has 0 fully saturated rings. The molecule has 0 saturated heterocycles. The molecule has 0 aliphatic heterocycles. The van der Waals surface area contributed by atoms with Crippen LogP contribution in [0.4, 0.5) is 14.9 Å². The van der Waals surface area contributed by atoms with Crippen LogP contribution in [0.25, 0.3) is 10.9 Å². The summed E-state index contributed by atoms with van der Waals surface area (Å²) < 4.78 is 0. The summed E-state index contributed by atoms with van der Waals surface area (Å²) in [5, 5.41) is 16.8. The Morgan fingerprint density at radius 3 is 2.87 bits per heavy atom. The molecule has 0 aliphatic rings. The van der Waals surface area contributed by atoms with Gasteiger partial charge in [-0.25, -0.2) is 9.78 Å². The molecule has 116 valence electrons. The Kier molecular flexibility index (Phi) is 4.11. The zero-order valence-corrected chi connectivity index (χ0v) is 12.5. The van der Waals surface area contributed by atoms with E-state index in [9.17, 15) is 14.9 Å². The molecule has 9 heteroatoms. The van der Waals surface area contributed by atoms with Crippen LogP contribution in [0.3, 0.4) is 0 Å². The van der Waals surface area contributed by atoms with Gasteiger partial charge in [-0.2, -0.15) is 0 Å². The maximum Gasteiger partial charge on any atom is 0.345 e. The lowest BCUT2D eigenvalue weighted by atomic mass is 10.1. The number of fused-ring (bicyclic) bond motifs is 1. The Bertz CT molecular complexity index is 874. The average Bonchev–Trinajstić information content (AvgIpc) is 3.01. The topological polar surface area (TPSA) is 110 Å². The molecule has 0 saturated carbocycles. The number of nitrogens with zero attached hydrogens (tertiary/aromatic N) is 3. The smallest absolute Gasteiger partial charge is 0.334 e. The van der Waals surface area contributed by atoms with E-state index in [0.29, 0.717) is 6.54 Å². The molecule has 0 radical (unpaired) electrons. The maximum absolute atomic E-state index is 11.9. The van der Waals surface area contributed by atoms with E-state index in [1.807, 2.05) is 30.3 Å². The van der Waals surface area contributed by atoms with Crippen molar-refractivity contribution >= 4 is 38.4 Å². The molecule has 0 bridgehead atoms. The van der Waals surface area contributed by atoms with E-state index in [0.717, 1.165) is 34.0 Å². The predicted octanol–water partition coefficient (Wildman–Crippen LogP) is 2.92. The van der Waals surface area contributed by atoms with Crippen LogP contribution in [-0.2, 0) is 6.54 Å². The van der Waals surface area contributed by atoms with Crippen molar-refractivity contribution in [3.05, 3.63) is 58.4 Å². The van der Waals surface area contributed by atoms with Crippen LogP contribution in [-0.4, -0.2) is 20.9 Å². The van der Waals surface area contributed by atoms with Gasteiger partial charge in [0.2, 0.25) is 0 Å². The minimum absolute atomic E-state index is 0.125. The number of aromatic nitrogens is 2. The lowest BCUT2D eigenvalue weighted by molar-refractivity contribution is -0.380. The quantitative estimate of drug-likeness (QED) is 0.565. The Hall–Kier alpha value is -3.07. The summed E-state index contributed by atoms with van der Waals surface area (Å²) in [6.45, 7) is 0.308. The van der Waals surface area contributed by atoms with Crippen LogP contribution in [0.1, 0.15) is 5.56 Å². The summed E-state index contributed by atoms with van der Waals surface area (Å²) in [4.78, 5) is 29.9. The van der Waals surface area contributed by atoms with Gasteiger partial charge in [-0.1, -0.05) is 18.2 Å². The second kappa shape index (κ2) is 6.36. The molecule has 3 rings (SSSR count). The summed E-state index contributed by atoms with van der Waals surface area (Å²) in [5.74, 6) is 0. The molecule has 0 atom stereocenters. The SMILES string of the molecule is O=C(NCc1ccnc2ccccc12)Nc1ncc([N+](=O)[O-])s1. The maximum atomic E-state index is 11.9. The zero-order valence-electron chi connectivity index (χ0n) is 11.7. The first-order valence-electron chi connectivity index (χ1n) is 6.61. The lowest BCUT2D eigenvalue weighted by Gasteiger charge is -2.08. The molecular formula is C14H11N5O3S. The van der Waals surface area contributed by atoms with Crippen molar-refractivity contribution in [2.45, 2.75) is 6.54 Å². The van der Waals surface area contributed by atoms with Crippen molar-refractivity contribution in [1.29, 1.82) is 0 Å². The summed E-state index contributed by atoms with van der Waals surface area (Å²) in [6.07, 6.45) is 2.79.